The van der Waals surface area contributed by atoms with Gasteiger partial charge in [-0.1, -0.05) is 19.1 Å². The molecule has 1 heterocycles. The summed E-state index contributed by atoms with van der Waals surface area (Å²) in [6, 6.07) is 6.19. The molecule has 0 aliphatic heterocycles. The SMILES string of the molecule is CCCNC(c1ccsc1)c1cc(C)c(F)c(C)c1. The Kier molecular flexibility index (Phi) is 4.72. The van der Waals surface area contributed by atoms with Crippen LogP contribution in [-0.2, 0) is 0 Å². The summed E-state index contributed by atoms with van der Waals surface area (Å²) in [5, 5.41) is 7.78. The minimum absolute atomic E-state index is 0.0942. The van der Waals surface area contributed by atoms with Crippen LogP contribution < -0.4 is 5.32 Å². The van der Waals surface area contributed by atoms with Gasteiger partial charge in [0.25, 0.3) is 0 Å². The van der Waals surface area contributed by atoms with Crippen molar-refractivity contribution >= 4 is 11.3 Å². The van der Waals surface area contributed by atoms with Crippen molar-refractivity contribution in [2.24, 2.45) is 0 Å². The van der Waals surface area contributed by atoms with E-state index in [0.717, 1.165) is 18.5 Å². The number of hydrogen-bond donors (Lipinski definition) is 1. The van der Waals surface area contributed by atoms with Gasteiger partial charge in [0.2, 0.25) is 0 Å². The van der Waals surface area contributed by atoms with Crippen LogP contribution in [0.5, 0.6) is 0 Å². The van der Waals surface area contributed by atoms with E-state index in [1.165, 1.54) is 5.56 Å². The van der Waals surface area contributed by atoms with Crippen molar-refractivity contribution in [1.82, 2.24) is 5.32 Å². The van der Waals surface area contributed by atoms with Gasteiger partial charge in [0, 0.05) is 0 Å². The summed E-state index contributed by atoms with van der Waals surface area (Å²) in [5.74, 6) is -0.0942. The molecule has 1 aromatic heterocycles. The van der Waals surface area contributed by atoms with Gasteiger partial charge in [0.15, 0.2) is 0 Å². The molecule has 102 valence electrons. The molecular formula is C16H20FNS. The molecule has 0 spiro atoms. The number of rotatable bonds is 5. The monoisotopic (exact) mass is 277 g/mol. The molecule has 1 N–H and O–H groups in total. The standard InChI is InChI=1S/C16H20FNS/c1-4-6-18-16(13-5-7-19-10-13)14-8-11(2)15(17)12(3)9-14/h5,7-10,16,18H,4,6H2,1-3H3. The Morgan fingerprint density at radius 2 is 1.89 bits per heavy atom. The largest absolute Gasteiger partial charge is 0.306 e. The Morgan fingerprint density at radius 1 is 1.21 bits per heavy atom. The molecule has 0 amide bonds. The molecule has 0 bridgehead atoms. The maximum atomic E-state index is 13.8. The first kappa shape index (κ1) is 14.2. The number of aryl methyl sites for hydroxylation is 2. The third-order valence-corrected chi connectivity index (χ3v) is 3.97. The molecule has 2 rings (SSSR count). The van der Waals surface area contributed by atoms with Crippen LogP contribution in [0.15, 0.2) is 29.0 Å². The smallest absolute Gasteiger partial charge is 0.129 e. The lowest BCUT2D eigenvalue weighted by Crippen LogP contribution is -2.23. The van der Waals surface area contributed by atoms with E-state index in [1.807, 2.05) is 26.0 Å². The zero-order valence-corrected chi connectivity index (χ0v) is 12.5. The fraction of sp³-hybridized carbons (Fsp3) is 0.375. The highest BCUT2D eigenvalue weighted by Crippen LogP contribution is 2.27. The Bertz CT molecular complexity index is 511. The van der Waals surface area contributed by atoms with E-state index < -0.39 is 0 Å². The molecule has 0 saturated heterocycles. The van der Waals surface area contributed by atoms with E-state index in [1.54, 1.807) is 11.3 Å². The summed E-state index contributed by atoms with van der Waals surface area (Å²) >= 11 is 1.69. The first-order valence-electron chi connectivity index (χ1n) is 6.65. The molecule has 1 aromatic carbocycles. The van der Waals surface area contributed by atoms with Crippen LogP contribution in [-0.4, -0.2) is 6.54 Å². The number of nitrogens with one attached hydrogen (secondary N) is 1. The Hall–Kier alpha value is -1.19. The van der Waals surface area contributed by atoms with Gasteiger partial charge in [-0.15, -0.1) is 0 Å². The second kappa shape index (κ2) is 6.31. The Labute approximate surface area is 118 Å². The minimum atomic E-state index is -0.0942. The van der Waals surface area contributed by atoms with Crippen LogP contribution >= 0.6 is 11.3 Å². The average molecular weight is 277 g/mol. The summed E-state index contributed by atoms with van der Waals surface area (Å²) in [4.78, 5) is 0. The average Bonchev–Trinajstić information content (AvgIpc) is 2.90. The van der Waals surface area contributed by atoms with Crippen molar-refractivity contribution in [3.63, 3.8) is 0 Å². The van der Waals surface area contributed by atoms with Crippen LogP contribution in [0, 0.1) is 19.7 Å². The van der Waals surface area contributed by atoms with E-state index >= 15 is 0 Å². The fourth-order valence-electron chi connectivity index (χ4n) is 2.30. The molecule has 0 radical (unpaired) electrons. The highest BCUT2D eigenvalue weighted by Gasteiger charge is 2.16. The van der Waals surface area contributed by atoms with Crippen molar-refractivity contribution in [3.05, 3.63) is 57.0 Å². The zero-order valence-electron chi connectivity index (χ0n) is 11.7. The maximum absolute atomic E-state index is 13.8. The molecule has 0 aliphatic rings. The molecule has 0 saturated carbocycles. The van der Waals surface area contributed by atoms with Crippen LogP contribution in [0.2, 0.25) is 0 Å². The van der Waals surface area contributed by atoms with Crippen LogP contribution in [0.4, 0.5) is 4.39 Å². The molecule has 19 heavy (non-hydrogen) atoms. The van der Waals surface area contributed by atoms with Crippen molar-refractivity contribution < 1.29 is 4.39 Å². The zero-order chi connectivity index (χ0) is 13.8. The van der Waals surface area contributed by atoms with E-state index in [0.29, 0.717) is 11.1 Å². The van der Waals surface area contributed by atoms with Gasteiger partial charge >= 0.3 is 0 Å². The first-order chi connectivity index (χ1) is 9.13. The lowest BCUT2D eigenvalue weighted by Gasteiger charge is -2.19. The fourth-order valence-corrected chi connectivity index (χ4v) is 2.99. The molecule has 1 atom stereocenters. The normalized spacial score (nSPS) is 12.6. The van der Waals surface area contributed by atoms with Gasteiger partial charge in [-0.3, -0.25) is 0 Å². The predicted molar refractivity (Wildman–Crippen MR) is 80.3 cm³/mol. The summed E-state index contributed by atoms with van der Waals surface area (Å²) in [6.07, 6.45) is 1.08. The van der Waals surface area contributed by atoms with Gasteiger partial charge in [0.05, 0.1) is 6.04 Å². The van der Waals surface area contributed by atoms with Gasteiger partial charge in [-0.05, 0) is 65.9 Å². The van der Waals surface area contributed by atoms with Gasteiger partial charge in [0.1, 0.15) is 5.82 Å². The van der Waals surface area contributed by atoms with E-state index in [2.05, 4.69) is 29.1 Å². The van der Waals surface area contributed by atoms with E-state index in [-0.39, 0.29) is 11.9 Å². The molecule has 1 unspecified atom stereocenters. The topological polar surface area (TPSA) is 12.0 Å². The van der Waals surface area contributed by atoms with Crippen LogP contribution in [0.1, 0.15) is 41.6 Å². The quantitative estimate of drug-likeness (QED) is 0.842. The molecule has 3 heteroatoms. The summed E-state index contributed by atoms with van der Waals surface area (Å²) in [6.45, 7) is 6.77. The highest BCUT2D eigenvalue weighted by atomic mass is 32.1. The van der Waals surface area contributed by atoms with Crippen molar-refractivity contribution in [3.8, 4) is 0 Å². The van der Waals surface area contributed by atoms with Crippen LogP contribution in [0.3, 0.4) is 0 Å². The Balaban J connectivity index is 2.38. The molecule has 0 aliphatic carbocycles. The molecular weight excluding hydrogens is 257 g/mol. The van der Waals surface area contributed by atoms with Crippen molar-refractivity contribution in [2.75, 3.05) is 6.54 Å². The lowest BCUT2D eigenvalue weighted by atomic mass is 9.97. The van der Waals surface area contributed by atoms with Crippen molar-refractivity contribution in [2.45, 2.75) is 33.2 Å². The van der Waals surface area contributed by atoms with Gasteiger partial charge in [-0.2, -0.15) is 11.3 Å². The predicted octanol–water partition coefficient (Wildman–Crippen LogP) is 4.59. The number of benzene rings is 1. The number of thiophene rings is 1. The second-order valence-electron chi connectivity index (χ2n) is 4.91. The molecule has 2 aromatic rings. The minimum Gasteiger partial charge on any atom is -0.306 e. The summed E-state index contributed by atoms with van der Waals surface area (Å²) in [7, 11) is 0. The first-order valence-corrected chi connectivity index (χ1v) is 7.60. The van der Waals surface area contributed by atoms with Crippen LogP contribution in [0.25, 0.3) is 0 Å². The second-order valence-corrected chi connectivity index (χ2v) is 5.69. The lowest BCUT2D eigenvalue weighted by molar-refractivity contribution is 0.587. The number of hydrogen-bond acceptors (Lipinski definition) is 2. The third-order valence-electron chi connectivity index (χ3n) is 3.27. The molecule has 1 nitrogen and oxygen atoms in total. The summed E-state index contributed by atoms with van der Waals surface area (Å²) in [5.41, 5.74) is 3.83. The highest BCUT2D eigenvalue weighted by molar-refractivity contribution is 7.08. The van der Waals surface area contributed by atoms with E-state index in [4.69, 9.17) is 0 Å². The van der Waals surface area contributed by atoms with Crippen molar-refractivity contribution in [1.29, 1.82) is 0 Å². The summed E-state index contributed by atoms with van der Waals surface area (Å²) < 4.78 is 13.8. The van der Waals surface area contributed by atoms with Gasteiger partial charge in [-0.25, -0.2) is 4.39 Å². The van der Waals surface area contributed by atoms with E-state index in [9.17, 15) is 4.39 Å². The van der Waals surface area contributed by atoms with Gasteiger partial charge < -0.3 is 5.32 Å². The number of halogens is 1. The Morgan fingerprint density at radius 3 is 2.42 bits per heavy atom. The third kappa shape index (κ3) is 3.23. The maximum Gasteiger partial charge on any atom is 0.129 e. The molecule has 0 fully saturated rings.